The molecule has 0 bridgehead atoms. The molecule has 0 aliphatic heterocycles. The van der Waals surface area contributed by atoms with Crippen molar-refractivity contribution in [3.8, 4) is 0 Å². The van der Waals surface area contributed by atoms with E-state index in [4.69, 9.17) is 0 Å². The fourth-order valence-electron chi connectivity index (χ4n) is 1.43. The summed E-state index contributed by atoms with van der Waals surface area (Å²) in [5, 5.41) is 0. The van der Waals surface area contributed by atoms with Crippen LogP contribution in [-0.2, 0) is 0 Å². The van der Waals surface area contributed by atoms with Gasteiger partial charge < -0.3 is 0 Å². The molecule has 0 aliphatic carbocycles. The van der Waals surface area contributed by atoms with Crippen LogP contribution in [0.25, 0.3) is 0 Å². The lowest BCUT2D eigenvalue weighted by molar-refractivity contribution is 0.286. The van der Waals surface area contributed by atoms with E-state index in [0.29, 0.717) is 5.41 Å². The van der Waals surface area contributed by atoms with Gasteiger partial charge in [-0.15, -0.1) is 0 Å². The quantitative estimate of drug-likeness (QED) is 0.443. The van der Waals surface area contributed by atoms with Crippen molar-refractivity contribution in [2.24, 2.45) is 5.41 Å². The molecule has 0 rings (SSSR count). The molecule has 0 saturated carbocycles. The first-order valence-electron chi connectivity index (χ1n) is 7.10. The van der Waals surface area contributed by atoms with Crippen LogP contribution < -0.4 is 0 Å². The van der Waals surface area contributed by atoms with E-state index in [2.05, 4.69) is 41.5 Å². The van der Waals surface area contributed by atoms with Gasteiger partial charge in [-0.1, -0.05) is 92.9 Å². The Morgan fingerprint density at radius 3 is 1.07 bits per heavy atom. The molecule has 0 heteroatoms. The minimum absolute atomic E-state index is 0.625. The minimum Gasteiger partial charge on any atom is -0.0654 e. The van der Waals surface area contributed by atoms with E-state index >= 15 is 0 Å². The first-order chi connectivity index (χ1) is 7.10. The zero-order valence-electron chi connectivity index (χ0n) is 12.2. The van der Waals surface area contributed by atoms with Crippen LogP contribution in [0.2, 0.25) is 0 Å². The highest BCUT2D eigenvalue weighted by molar-refractivity contribution is 4.67. The van der Waals surface area contributed by atoms with Crippen molar-refractivity contribution in [1.82, 2.24) is 0 Å². The highest BCUT2D eigenvalue weighted by atomic mass is 14.2. The fraction of sp³-hybridized carbons (Fsp3) is 1.00. The zero-order chi connectivity index (χ0) is 12.2. The number of unbranched alkanes of at least 4 members (excludes halogenated alkanes) is 4. The van der Waals surface area contributed by atoms with Gasteiger partial charge in [0.25, 0.3) is 0 Å². The molecule has 0 aromatic rings. The number of hydrogen-bond donors (Lipinski definition) is 0. The Bertz CT molecular complexity index is 88.3. The van der Waals surface area contributed by atoms with Crippen molar-refractivity contribution in [3.05, 3.63) is 0 Å². The van der Waals surface area contributed by atoms with Crippen LogP contribution in [0.4, 0.5) is 0 Å². The second-order valence-corrected chi connectivity index (χ2v) is 4.93. The average Bonchev–Trinajstić information content (AvgIpc) is 2.30. The topological polar surface area (TPSA) is 0 Å². The van der Waals surface area contributed by atoms with Crippen molar-refractivity contribution in [2.75, 3.05) is 0 Å². The van der Waals surface area contributed by atoms with Crippen LogP contribution in [-0.4, -0.2) is 0 Å². The van der Waals surface area contributed by atoms with Gasteiger partial charge in [-0.25, -0.2) is 0 Å². The predicted octanol–water partition coefficient (Wildman–Crippen LogP) is 6.20. The summed E-state index contributed by atoms with van der Waals surface area (Å²) in [5.41, 5.74) is 0.625. The summed E-state index contributed by atoms with van der Waals surface area (Å²) in [6, 6.07) is 0. The van der Waals surface area contributed by atoms with Crippen molar-refractivity contribution in [2.45, 2.75) is 92.9 Å². The van der Waals surface area contributed by atoms with E-state index in [1.807, 2.05) is 0 Å². The highest BCUT2D eigenvalue weighted by Gasteiger charge is 2.15. The van der Waals surface area contributed by atoms with E-state index in [1.165, 1.54) is 51.4 Å². The predicted molar refractivity (Wildman–Crippen MR) is 73.4 cm³/mol. The normalized spacial score (nSPS) is 10.8. The molecular weight excluding hydrogens is 180 g/mol. The Kier molecular flexibility index (Phi) is 14.0. The molecule has 0 fully saturated rings. The molecule has 0 amide bonds. The van der Waals surface area contributed by atoms with Crippen molar-refractivity contribution in [1.29, 1.82) is 0 Å². The maximum Gasteiger partial charge on any atom is -0.0334 e. The highest BCUT2D eigenvalue weighted by Crippen LogP contribution is 2.28. The lowest BCUT2D eigenvalue weighted by atomic mass is 9.82. The van der Waals surface area contributed by atoms with Crippen molar-refractivity contribution in [3.63, 3.8) is 0 Å². The van der Waals surface area contributed by atoms with Gasteiger partial charge in [0.05, 0.1) is 0 Å². The summed E-state index contributed by atoms with van der Waals surface area (Å²) < 4.78 is 0. The SMILES string of the molecule is CCC(C)(CC)CC.CCCCCCC. The van der Waals surface area contributed by atoms with Gasteiger partial charge in [0.2, 0.25) is 0 Å². The Hall–Kier alpha value is 0. The van der Waals surface area contributed by atoms with Gasteiger partial charge in [0.1, 0.15) is 0 Å². The Balaban J connectivity index is 0. The molecule has 15 heavy (non-hydrogen) atoms. The van der Waals surface area contributed by atoms with Crippen LogP contribution >= 0.6 is 0 Å². The maximum absolute atomic E-state index is 2.35. The molecule has 0 spiro atoms. The number of hydrogen-bond acceptors (Lipinski definition) is 0. The molecule has 0 N–H and O–H groups in total. The first-order valence-corrected chi connectivity index (χ1v) is 7.10. The second-order valence-electron chi connectivity index (χ2n) is 4.93. The molecule has 94 valence electrons. The Morgan fingerprint density at radius 2 is 0.933 bits per heavy atom. The molecule has 0 aromatic carbocycles. The summed E-state index contributed by atoms with van der Waals surface area (Å²) in [7, 11) is 0. The average molecular weight is 214 g/mol. The van der Waals surface area contributed by atoms with Gasteiger partial charge in [0.15, 0.2) is 0 Å². The summed E-state index contributed by atoms with van der Waals surface area (Å²) in [5.74, 6) is 0. The van der Waals surface area contributed by atoms with Gasteiger partial charge >= 0.3 is 0 Å². The first kappa shape index (κ1) is 17.4. The Morgan fingerprint density at radius 1 is 0.600 bits per heavy atom. The lowest BCUT2D eigenvalue weighted by Crippen LogP contribution is -2.10. The van der Waals surface area contributed by atoms with E-state index in [1.54, 1.807) is 0 Å². The molecule has 0 aromatic heterocycles. The molecule has 0 radical (unpaired) electrons. The third-order valence-electron chi connectivity index (χ3n) is 3.77. The smallest absolute Gasteiger partial charge is 0.0334 e. The third kappa shape index (κ3) is 11.9. The summed E-state index contributed by atoms with van der Waals surface area (Å²) in [6.45, 7) is 13.7. The van der Waals surface area contributed by atoms with E-state index < -0.39 is 0 Å². The molecule has 0 aliphatic rings. The molecule has 0 saturated heterocycles. The monoisotopic (exact) mass is 214 g/mol. The summed E-state index contributed by atoms with van der Waals surface area (Å²) in [4.78, 5) is 0. The van der Waals surface area contributed by atoms with Crippen LogP contribution in [0, 0.1) is 5.41 Å². The standard InChI is InChI=1S/C8H18.C7H16/c1-5-8(4,6-2)7-3;1-3-5-7-6-4-2/h5-7H2,1-4H3;3-7H2,1-2H3. The summed E-state index contributed by atoms with van der Waals surface area (Å²) >= 11 is 0. The molecule has 0 heterocycles. The third-order valence-corrected chi connectivity index (χ3v) is 3.77. The maximum atomic E-state index is 2.35. The Labute approximate surface area is 98.9 Å². The van der Waals surface area contributed by atoms with Crippen LogP contribution in [0.3, 0.4) is 0 Å². The van der Waals surface area contributed by atoms with E-state index in [0.717, 1.165) is 0 Å². The fourth-order valence-corrected chi connectivity index (χ4v) is 1.43. The van der Waals surface area contributed by atoms with Crippen molar-refractivity contribution < 1.29 is 0 Å². The molecular formula is C15H34. The molecule has 0 unspecified atom stereocenters. The van der Waals surface area contributed by atoms with Gasteiger partial charge in [-0.05, 0) is 5.41 Å². The summed E-state index contributed by atoms with van der Waals surface area (Å²) in [6.07, 6.45) is 11.0. The lowest BCUT2D eigenvalue weighted by Gasteiger charge is -2.23. The molecule has 0 nitrogen and oxygen atoms in total. The second kappa shape index (κ2) is 12.1. The largest absolute Gasteiger partial charge is 0.0654 e. The zero-order valence-corrected chi connectivity index (χ0v) is 12.2. The van der Waals surface area contributed by atoms with Crippen LogP contribution in [0.1, 0.15) is 92.9 Å². The molecule has 0 atom stereocenters. The van der Waals surface area contributed by atoms with Gasteiger partial charge in [-0.2, -0.15) is 0 Å². The van der Waals surface area contributed by atoms with E-state index in [-0.39, 0.29) is 0 Å². The number of rotatable bonds is 7. The van der Waals surface area contributed by atoms with Crippen LogP contribution in [0.5, 0.6) is 0 Å². The van der Waals surface area contributed by atoms with Gasteiger partial charge in [0, 0.05) is 0 Å². The van der Waals surface area contributed by atoms with Crippen molar-refractivity contribution >= 4 is 0 Å². The minimum atomic E-state index is 0.625. The van der Waals surface area contributed by atoms with E-state index in [9.17, 15) is 0 Å². The van der Waals surface area contributed by atoms with Crippen LogP contribution in [0.15, 0.2) is 0 Å². The van der Waals surface area contributed by atoms with Gasteiger partial charge in [-0.3, -0.25) is 0 Å².